The summed E-state index contributed by atoms with van der Waals surface area (Å²) in [5.74, 6) is -0.267. The summed E-state index contributed by atoms with van der Waals surface area (Å²) < 4.78 is 10.6. The standard InChI is InChI=1S/C10H17NO6/c1-2-5(13)11-6-7(14)8(15)10(3-12)4-16-9(6)17-10/h6-9,12,14-15H,2-4H2,1H3,(H,11,13)/t6-,7-,8-,9+,10+/m1/s1. The summed E-state index contributed by atoms with van der Waals surface area (Å²) in [6.45, 7) is 1.22. The van der Waals surface area contributed by atoms with Crippen LogP contribution in [0.4, 0.5) is 0 Å². The Morgan fingerprint density at radius 1 is 1.53 bits per heavy atom. The molecule has 2 saturated heterocycles. The average molecular weight is 247 g/mol. The van der Waals surface area contributed by atoms with E-state index in [1.54, 1.807) is 6.92 Å². The van der Waals surface area contributed by atoms with E-state index in [0.717, 1.165) is 0 Å². The number of hydrogen-bond acceptors (Lipinski definition) is 6. The zero-order valence-corrected chi connectivity index (χ0v) is 9.50. The highest BCUT2D eigenvalue weighted by molar-refractivity contribution is 5.76. The molecule has 0 aromatic carbocycles. The van der Waals surface area contributed by atoms with Crippen molar-refractivity contribution < 1.29 is 29.6 Å². The molecule has 2 fully saturated rings. The predicted octanol–water partition coefficient (Wildman–Crippen LogP) is -2.28. The zero-order valence-electron chi connectivity index (χ0n) is 9.50. The molecule has 2 bridgehead atoms. The van der Waals surface area contributed by atoms with Crippen molar-refractivity contribution in [2.75, 3.05) is 13.2 Å². The number of nitrogens with one attached hydrogen (secondary N) is 1. The fraction of sp³-hybridized carbons (Fsp3) is 0.900. The van der Waals surface area contributed by atoms with E-state index in [1.807, 2.05) is 0 Å². The van der Waals surface area contributed by atoms with Crippen LogP contribution in [0.3, 0.4) is 0 Å². The first-order valence-corrected chi connectivity index (χ1v) is 5.60. The van der Waals surface area contributed by atoms with E-state index < -0.39 is 36.7 Å². The molecular weight excluding hydrogens is 230 g/mol. The highest BCUT2D eigenvalue weighted by Gasteiger charge is 2.59. The lowest BCUT2D eigenvalue weighted by molar-refractivity contribution is -0.233. The largest absolute Gasteiger partial charge is 0.393 e. The number of carbonyl (C=O) groups excluding carboxylic acids is 1. The van der Waals surface area contributed by atoms with Crippen LogP contribution in [0.25, 0.3) is 0 Å². The maximum Gasteiger partial charge on any atom is 0.220 e. The summed E-state index contributed by atoms with van der Waals surface area (Å²) in [5.41, 5.74) is -1.28. The third-order valence-corrected chi connectivity index (χ3v) is 3.28. The number of ether oxygens (including phenoxy) is 2. The van der Waals surface area contributed by atoms with Crippen LogP contribution in [0.15, 0.2) is 0 Å². The SMILES string of the molecule is CCC(=O)N[C@H]1[C@H]2OC[C@](CO)(O2)[C@H](O)[C@@H]1O. The van der Waals surface area contributed by atoms with E-state index in [4.69, 9.17) is 9.47 Å². The van der Waals surface area contributed by atoms with Crippen molar-refractivity contribution in [1.82, 2.24) is 5.32 Å². The van der Waals surface area contributed by atoms with E-state index in [0.29, 0.717) is 0 Å². The summed E-state index contributed by atoms with van der Waals surface area (Å²) in [7, 11) is 0. The molecule has 4 N–H and O–H groups in total. The first kappa shape index (κ1) is 12.7. The van der Waals surface area contributed by atoms with Crippen LogP contribution in [0.5, 0.6) is 0 Å². The quantitative estimate of drug-likeness (QED) is 0.447. The minimum absolute atomic E-state index is 0.00904. The highest BCUT2D eigenvalue weighted by atomic mass is 16.7. The number of rotatable bonds is 3. The van der Waals surface area contributed by atoms with Crippen molar-refractivity contribution in [3.8, 4) is 0 Å². The molecule has 0 saturated carbocycles. The minimum atomic E-state index is -1.30. The number of amides is 1. The molecule has 7 nitrogen and oxygen atoms in total. The van der Waals surface area contributed by atoms with E-state index in [9.17, 15) is 20.1 Å². The van der Waals surface area contributed by atoms with E-state index in [1.165, 1.54) is 0 Å². The van der Waals surface area contributed by atoms with Crippen molar-refractivity contribution in [3.63, 3.8) is 0 Å². The molecule has 0 aromatic rings. The molecule has 98 valence electrons. The van der Waals surface area contributed by atoms with Crippen molar-refractivity contribution >= 4 is 5.91 Å². The number of aliphatic hydroxyl groups excluding tert-OH is 3. The van der Waals surface area contributed by atoms with Gasteiger partial charge in [-0.3, -0.25) is 4.79 Å². The van der Waals surface area contributed by atoms with Gasteiger partial charge in [0.1, 0.15) is 23.9 Å². The molecule has 5 atom stereocenters. The van der Waals surface area contributed by atoms with E-state index >= 15 is 0 Å². The first-order valence-electron chi connectivity index (χ1n) is 5.60. The van der Waals surface area contributed by atoms with Crippen molar-refractivity contribution in [2.45, 2.75) is 43.5 Å². The van der Waals surface area contributed by atoms with Gasteiger partial charge in [-0.1, -0.05) is 6.92 Å². The lowest BCUT2D eigenvalue weighted by Crippen LogP contribution is -2.66. The summed E-state index contributed by atoms with van der Waals surface area (Å²) in [6, 6.07) is -0.820. The van der Waals surface area contributed by atoms with Gasteiger partial charge in [-0.2, -0.15) is 0 Å². The van der Waals surface area contributed by atoms with Gasteiger partial charge in [-0.25, -0.2) is 0 Å². The van der Waals surface area contributed by atoms with Gasteiger partial charge in [0.15, 0.2) is 6.29 Å². The zero-order chi connectivity index (χ0) is 12.6. The smallest absolute Gasteiger partial charge is 0.220 e. The summed E-state index contributed by atoms with van der Waals surface area (Å²) in [6.07, 6.45) is -3.10. The van der Waals surface area contributed by atoms with Crippen molar-refractivity contribution in [3.05, 3.63) is 0 Å². The van der Waals surface area contributed by atoms with Crippen molar-refractivity contribution in [2.24, 2.45) is 0 Å². The number of fused-ring (bicyclic) bond motifs is 2. The third-order valence-electron chi connectivity index (χ3n) is 3.28. The lowest BCUT2D eigenvalue weighted by Gasteiger charge is -2.41. The molecule has 1 amide bonds. The number of carbonyl (C=O) groups is 1. The van der Waals surface area contributed by atoms with Gasteiger partial charge in [-0.05, 0) is 0 Å². The molecule has 0 unspecified atom stereocenters. The number of hydrogen-bond donors (Lipinski definition) is 4. The molecule has 2 heterocycles. The topological polar surface area (TPSA) is 108 Å². The summed E-state index contributed by atoms with van der Waals surface area (Å²) in [4.78, 5) is 11.3. The van der Waals surface area contributed by atoms with Crippen LogP contribution in [-0.4, -0.2) is 64.6 Å². The van der Waals surface area contributed by atoms with Crippen molar-refractivity contribution in [1.29, 1.82) is 0 Å². The maximum absolute atomic E-state index is 11.3. The molecular formula is C10H17NO6. The van der Waals surface area contributed by atoms with Gasteiger partial charge >= 0.3 is 0 Å². The molecule has 7 heteroatoms. The second-order valence-corrected chi connectivity index (χ2v) is 4.40. The predicted molar refractivity (Wildman–Crippen MR) is 54.9 cm³/mol. The number of aliphatic hydroxyl groups is 3. The normalized spacial score (nSPS) is 44.7. The Kier molecular flexibility index (Phi) is 3.37. The Balaban J connectivity index is 2.14. The van der Waals surface area contributed by atoms with Gasteiger partial charge in [0.25, 0.3) is 0 Å². The summed E-state index contributed by atoms with van der Waals surface area (Å²) in [5, 5.41) is 31.6. The fourth-order valence-electron chi connectivity index (χ4n) is 2.14. The minimum Gasteiger partial charge on any atom is -0.393 e. The Bertz CT molecular complexity index is 311. The lowest BCUT2D eigenvalue weighted by atomic mass is 9.88. The molecule has 0 aromatic heterocycles. The highest BCUT2D eigenvalue weighted by Crippen LogP contribution is 2.36. The van der Waals surface area contributed by atoms with Gasteiger partial charge in [0.05, 0.1) is 13.2 Å². The second-order valence-electron chi connectivity index (χ2n) is 4.40. The molecule has 17 heavy (non-hydrogen) atoms. The Morgan fingerprint density at radius 3 is 2.82 bits per heavy atom. The van der Waals surface area contributed by atoms with Gasteiger partial charge in [0.2, 0.25) is 5.91 Å². The first-order chi connectivity index (χ1) is 8.04. The molecule has 2 rings (SSSR count). The molecule has 0 spiro atoms. The molecule has 0 aliphatic carbocycles. The average Bonchev–Trinajstić information content (AvgIpc) is 2.75. The third kappa shape index (κ3) is 1.94. The second kappa shape index (κ2) is 4.51. The van der Waals surface area contributed by atoms with Crippen LogP contribution < -0.4 is 5.32 Å². The Labute approximate surface area is 98.3 Å². The Morgan fingerprint density at radius 2 is 2.24 bits per heavy atom. The van der Waals surface area contributed by atoms with Gasteiger partial charge in [-0.15, -0.1) is 0 Å². The summed E-state index contributed by atoms with van der Waals surface area (Å²) >= 11 is 0. The maximum atomic E-state index is 11.3. The molecule has 2 aliphatic rings. The van der Waals surface area contributed by atoms with Crippen LogP contribution in [-0.2, 0) is 14.3 Å². The van der Waals surface area contributed by atoms with Crippen LogP contribution in [0.2, 0.25) is 0 Å². The molecule has 0 radical (unpaired) electrons. The van der Waals surface area contributed by atoms with Gasteiger partial charge < -0.3 is 30.1 Å². The van der Waals surface area contributed by atoms with E-state index in [-0.39, 0.29) is 18.9 Å². The van der Waals surface area contributed by atoms with Crippen LogP contribution >= 0.6 is 0 Å². The fourth-order valence-corrected chi connectivity index (χ4v) is 2.14. The van der Waals surface area contributed by atoms with E-state index in [2.05, 4.69) is 5.32 Å². The monoisotopic (exact) mass is 247 g/mol. The van der Waals surface area contributed by atoms with Crippen LogP contribution in [0.1, 0.15) is 13.3 Å². The van der Waals surface area contributed by atoms with Gasteiger partial charge in [0, 0.05) is 6.42 Å². The van der Waals surface area contributed by atoms with Crippen LogP contribution in [0, 0.1) is 0 Å². The Hall–Kier alpha value is -0.730. The molecule has 2 aliphatic heterocycles.